The first-order valence-electron chi connectivity index (χ1n) is 6.22. The molecule has 0 spiro atoms. The van der Waals surface area contributed by atoms with Gasteiger partial charge < -0.3 is 4.42 Å². The largest absolute Gasteiger partial charge is 0.410 e. The van der Waals surface area contributed by atoms with Gasteiger partial charge in [-0.05, 0) is 13.0 Å². The molecule has 1 atom stereocenters. The zero-order valence-electron chi connectivity index (χ0n) is 11.0. The van der Waals surface area contributed by atoms with Crippen LogP contribution in [-0.4, -0.2) is 16.0 Å². The van der Waals surface area contributed by atoms with E-state index in [4.69, 9.17) is 21.3 Å². The number of thioether (sulfide) groups is 1. The summed E-state index contributed by atoms with van der Waals surface area (Å²) in [6, 6.07) is 10.1. The standard InChI is InChI=1S/C14H10ClN3OS2/c1-8(6-16)7-20-14-18-17-13(19-14)12-11(15)9-4-2-3-5-10(9)21-12/h2-5,8H,7H2,1H3/t8-/m0/s1. The van der Waals surface area contributed by atoms with Gasteiger partial charge in [-0.15, -0.1) is 21.5 Å². The molecular formula is C14H10ClN3OS2. The van der Waals surface area contributed by atoms with Crippen molar-refractivity contribution in [1.82, 2.24) is 10.2 Å². The molecule has 3 rings (SSSR count). The lowest BCUT2D eigenvalue weighted by molar-refractivity contribution is 0.466. The Morgan fingerprint density at radius 1 is 1.43 bits per heavy atom. The third-order valence-corrected chi connectivity index (χ3v) is 5.55. The Morgan fingerprint density at radius 2 is 2.24 bits per heavy atom. The summed E-state index contributed by atoms with van der Waals surface area (Å²) in [5.74, 6) is 0.990. The SMILES string of the molecule is C[C@@H](C#N)CSc1nnc(-c2sc3ccccc3c2Cl)o1. The molecule has 0 aliphatic carbocycles. The maximum absolute atomic E-state index is 8.77. The Hall–Kier alpha value is -1.55. The van der Waals surface area contributed by atoms with Gasteiger partial charge in [0.05, 0.1) is 17.0 Å². The molecule has 0 N–H and O–H groups in total. The van der Waals surface area contributed by atoms with E-state index in [0.29, 0.717) is 21.9 Å². The average Bonchev–Trinajstić information content (AvgIpc) is 3.10. The van der Waals surface area contributed by atoms with Gasteiger partial charge in [0, 0.05) is 15.8 Å². The minimum atomic E-state index is -0.0572. The fraction of sp³-hybridized carbons (Fsp3) is 0.214. The molecule has 0 bridgehead atoms. The van der Waals surface area contributed by atoms with Gasteiger partial charge in [0.15, 0.2) is 0 Å². The molecule has 2 aromatic heterocycles. The number of rotatable bonds is 4. The van der Waals surface area contributed by atoms with E-state index < -0.39 is 0 Å². The Bertz CT molecular complexity index is 821. The van der Waals surface area contributed by atoms with E-state index in [9.17, 15) is 0 Å². The van der Waals surface area contributed by atoms with Crippen LogP contribution in [0.5, 0.6) is 0 Å². The van der Waals surface area contributed by atoms with Crippen LogP contribution >= 0.6 is 34.7 Å². The molecule has 0 aliphatic rings. The molecule has 4 nitrogen and oxygen atoms in total. The second-order valence-electron chi connectivity index (χ2n) is 4.46. The molecule has 0 fully saturated rings. The van der Waals surface area contributed by atoms with E-state index in [0.717, 1.165) is 15.0 Å². The van der Waals surface area contributed by atoms with Gasteiger partial charge in [-0.3, -0.25) is 0 Å². The summed E-state index contributed by atoms with van der Waals surface area (Å²) in [4.78, 5) is 0.783. The summed E-state index contributed by atoms with van der Waals surface area (Å²) in [6.07, 6.45) is 0. The third-order valence-electron chi connectivity index (χ3n) is 2.81. The second kappa shape index (κ2) is 6.06. The van der Waals surface area contributed by atoms with Crippen molar-refractivity contribution in [2.45, 2.75) is 12.1 Å². The highest BCUT2D eigenvalue weighted by molar-refractivity contribution is 7.99. The van der Waals surface area contributed by atoms with Gasteiger partial charge in [0.2, 0.25) is 0 Å². The Labute approximate surface area is 134 Å². The van der Waals surface area contributed by atoms with Gasteiger partial charge in [0.1, 0.15) is 4.88 Å². The fourth-order valence-electron chi connectivity index (χ4n) is 1.74. The lowest BCUT2D eigenvalue weighted by Crippen LogP contribution is -1.92. The number of nitriles is 1. The highest BCUT2D eigenvalue weighted by Crippen LogP contribution is 2.41. The molecule has 7 heteroatoms. The average molecular weight is 336 g/mol. The van der Waals surface area contributed by atoms with Crippen LogP contribution in [0.3, 0.4) is 0 Å². The first-order valence-corrected chi connectivity index (χ1v) is 8.40. The van der Waals surface area contributed by atoms with E-state index in [1.807, 2.05) is 31.2 Å². The highest BCUT2D eigenvalue weighted by Gasteiger charge is 2.18. The topological polar surface area (TPSA) is 62.7 Å². The molecule has 21 heavy (non-hydrogen) atoms. The van der Waals surface area contributed by atoms with Crippen LogP contribution in [0.1, 0.15) is 6.92 Å². The third kappa shape index (κ3) is 2.91. The molecule has 0 unspecified atom stereocenters. The summed E-state index contributed by atoms with van der Waals surface area (Å²) in [7, 11) is 0. The number of hydrogen-bond acceptors (Lipinski definition) is 6. The Kier molecular flexibility index (Phi) is 4.15. The maximum atomic E-state index is 8.77. The zero-order valence-corrected chi connectivity index (χ0v) is 13.4. The van der Waals surface area contributed by atoms with E-state index in [1.165, 1.54) is 23.1 Å². The lowest BCUT2D eigenvalue weighted by Gasteiger charge is -1.96. The normalized spacial score (nSPS) is 12.4. The molecule has 0 radical (unpaired) electrons. The van der Waals surface area contributed by atoms with E-state index in [-0.39, 0.29) is 5.92 Å². The van der Waals surface area contributed by atoms with Gasteiger partial charge in [-0.1, -0.05) is 41.6 Å². The Balaban J connectivity index is 1.88. The first kappa shape index (κ1) is 14.4. The molecular weight excluding hydrogens is 326 g/mol. The molecule has 1 aromatic carbocycles. The molecule has 2 heterocycles. The number of thiophene rings is 1. The fourth-order valence-corrected chi connectivity index (χ4v) is 3.88. The van der Waals surface area contributed by atoms with Gasteiger partial charge in [-0.2, -0.15) is 5.26 Å². The van der Waals surface area contributed by atoms with Crippen molar-refractivity contribution in [3.8, 4) is 16.8 Å². The molecule has 0 saturated carbocycles. The predicted octanol–water partition coefficient (Wildman–Crippen LogP) is 4.86. The Morgan fingerprint density at radius 3 is 3.00 bits per heavy atom. The van der Waals surface area contributed by atoms with Crippen LogP contribution in [0.4, 0.5) is 0 Å². The number of hydrogen-bond donors (Lipinski definition) is 0. The quantitative estimate of drug-likeness (QED) is 0.637. The van der Waals surface area contributed by atoms with E-state index in [2.05, 4.69) is 16.3 Å². The van der Waals surface area contributed by atoms with Crippen molar-refractivity contribution < 1.29 is 4.42 Å². The second-order valence-corrected chi connectivity index (χ2v) is 6.86. The lowest BCUT2D eigenvalue weighted by atomic mass is 10.2. The monoisotopic (exact) mass is 335 g/mol. The van der Waals surface area contributed by atoms with Crippen molar-refractivity contribution in [2.75, 3.05) is 5.75 Å². The van der Waals surface area contributed by atoms with Crippen molar-refractivity contribution in [3.63, 3.8) is 0 Å². The summed E-state index contributed by atoms with van der Waals surface area (Å²) in [5.41, 5.74) is 0. The summed E-state index contributed by atoms with van der Waals surface area (Å²) in [5, 5.41) is 18.9. The number of fused-ring (bicyclic) bond motifs is 1. The van der Waals surface area contributed by atoms with Crippen LogP contribution in [0.2, 0.25) is 5.02 Å². The maximum Gasteiger partial charge on any atom is 0.276 e. The van der Waals surface area contributed by atoms with Crippen molar-refractivity contribution >= 4 is 44.8 Å². The number of aromatic nitrogens is 2. The number of nitrogens with zero attached hydrogens (tertiary/aromatic N) is 3. The van der Waals surface area contributed by atoms with Gasteiger partial charge in [-0.25, -0.2) is 0 Å². The molecule has 3 aromatic rings. The summed E-state index contributed by atoms with van der Waals surface area (Å²) < 4.78 is 6.72. The first-order chi connectivity index (χ1) is 10.2. The van der Waals surface area contributed by atoms with Gasteiger partial charge in [0.25, 0.3) is 11.1 Å². The van der Waals surface area contributed by atoms with E-state index in [1.54, 1.807) is 0 Å². The van der Waals surface area contributed by atoms with Gasteiger partial charge >= 0.3 is 0 Å². The molecule has 106 valence electrons. The summed E-state index contributed by atoms with van der Waals surface area (Å²) in [6.45, 7) is 1.85. The predicted molar refractivity (Wildman–Crippen MR) is 85.6 cm³/mol. The number of benzene rings is 1. The van der Waals surface area contributed by atoms with E-state index >= 15 is 0 Å². The highest BCUT2D eigenvalue weighted by atomic mass is 35.5. The van der Waals surface area contributed by atoms with Crippen molar-refractivity contribution in [2.24, 2.45) is 5.92 Å². The molecule has 0 amide bonds. The van der Waals surface area contributed by atoms with Crippen LogP contribution in [0.25, 0.3) is 20.9 Å². The van der Waals surface area contributed by atoms with Crippen molar-refractivity contribution in [3.05, 3.63) is 29.3 Å². The molecule has 0 saturated heterocycles. The minimum absolute atomic E-state index is 0.0572. The van der Waals surface area contributed by atoms with Crippen LogP contribution in [-0.2, 0) is 0 Å². The minimum Gasteiger partial charge on any atom is -0.410 e. The van der Waals surface area contributed by atoms with Crippen molar-refractivity contribution in [1.29, 1.82) is 5.26 Å². The zero-order chi connectivity index (χ0) is 14.8. The van der Waals surface area contributed by atoms with Crippen LogP contribution in [0, 0.1) is 17.2 Å². The summed E-state index contributed by atoms with van der Waals surface area (Å²) >= 11 is 9.29. The molecule has 0 aliphatic heterocycles. The van der Waals surface area contributed by atoms with Crippen LogP contribution < -0.4 is 0 Å². The smallest absolute Gasteiger partial charge is 0.276 e. The van der Waals surface area contributed by atoms with Crippen LogP contribution in [0.15, 0.2) is 33.9 Å². The number of halogens is 1.